The fourth-order valence-electron chi connectivity index (χ4n) is 3.55. The molecule has 0 spiro atoms. The normalized spacial score (nSPS) is 16.8. The lowest BCUT2D eigenvalue weighted by Crippen LogP contribution is -3.13. The number of ether oxygens (including phenoxy) is 2. The topological polar surface area (TPSA) is 43.2 Å². The molecule has 2 aliphatic heterocycles. The monoisotopic (exact) mass is 373 g/mol. The van der Waals surface area contributed by atoms with Crippen molar-refractivity contribution in [3.05, 3.63) is 58.1 Å². The Morgan fingerprint density at radius 3 is 2.73 bits per heavy atom. The number of quaternary nitrogens is 1. The highest BCUT2D eigenvalue weighted by atomic mass is 35.5. The number of rotatable bonds is 3. The first kappa shape index (κ1) is 17.2. The third-order valence-electron chi connectivity index (χ3n) is 5.13. The standard InChI is InChI=1S/C20H21ClN2O3/c1-14-4-2-3-5-15(14)12-22-6-8-23(9-7-22)20(24)16-10-17(21)19-18(11-16)25-13-26-19/h2-5,10-11H,6-9,12-13H2,1H3/p+1. The molecule has 0 saturated carbocycles. The van der Waals surface area contributed by atoms with Gasteiger partial charge in [0.2, 0.25) is 6.79 Å². The van der Waals surface area contributed by atoms with Gasteiger partial charge in [0, 0.05) is 11.1 Å². The molecule has 2 aromatic carbocycles. The lowest BCUT2D eigenvalue weighted by molar-refractivity contribution is -0.917. The summed E-state index contributed by atoms with van der Waals surface area (Å²) in [6, 6.07) is 11.9. The number of aryl methyl sites for hydroxylation is 1. The molecule has 2 heterocycles. The van der Waals surface area contributed by atoms with Crippen molar-refractivity contribution in [2.75, 3.05) is 33.0 Å². The Kier molecular flexibility index (Phi) is 4.74. The summed E-state index contributed by atoms with van der Waals surface area (Å²) in [5.41, 5.74) is 3.26. The van der Waals surface area contributed by atoms with Crippen LogP contribution in [0.2, 0.25) is 5.02 Å². The van der Waals surface area contributed by atoms with Crippen molar-refractivity contribution in [1.29, 1.82) is 0 Å². The molecule has 2 aromatic rings. The average Bonchev–Trinajstić information content (AvgIpc) is 3.13. The van der Waals surface area contributed by atoms with Crippen LogP contribution in [0.5, 0.6) is 11.5 Å². The number of benzene rings is 2. The van der Waals surface area contributed by atoms with Crippen LogP contribution in [0.25, 0.3) is 0 Å². The van der Waals surface area contributed by atoms with Crippen LogP contribution in [0.3, 0.4) is 0 Å². The van der Waals surface area contributed by atoms with Crippen LogP contribution in [0.1, 0.15) is 21.5 Å². The minimum Gasteiger partial charge on any atom is -0.454 e. The maximum atomic E-state index is 12.8. The van der Waals surface area contributed by atoms with Gasteiger partial charge in [-0.1, -0.05) is 35.9 Å². The van der Waals surface area contributed by atoms with Crippen LogP contribution < -0.4 is 14.4 Å². The van der Waals surface area contributed by atoms with Crippen molar-refractivity contribution >= 4 is 17.5 Å². The molecule has 1 N–H and O–H groups in total. The molecule has 0 aromatic heterocycles. The number of hydrogen-bond acceptors (Lipinski definition) is 3. The van der Waals surface area contributed by atoms with Crippen LogP contribution in [-0.2, 0) is 6.54 Å². The molecule has 1 saturated heterocycles. The molecular weight excluding hydrogens is 352 g/mol. The molecule has 0 unspecified atom stereocenters. The average molecular weight is 374 g/mol. The van der Waals surface area contributed by atoms with E-state index in [4.69, 9.17) is 21.1 Å². The summed E-state index contributed by atoms with van der Waals surface area (Å²) in [5.74, 6) is 1.07. The Morgan fingerprint density at radius 2 is 1.96 bits per heavy atom. The van der Waals surface area contributed by atoms with Crippen LogP contribution >= 0.6 is 11.6 Å². The maximum Gasteiger partial charge on any atom is 0.254 e. The van der Waals surface area contributed by atoms with E-state index in [9.17, 15) is 4.79 Å². The van der Waals surface area contributed by atoms with Gasteiger partial charge in [0.25, 0.3) is 5.91 Å². The molecule has 136 valence electrons. The predicted molar refractivity (Wildman–Crippen MR) is 99.1 cm³/mol. The molecular formula is C20H22ClN2O3+. The number of nitrogens with zero attached hydrogens (tertiary/aromatic N) is 1. The Morgan fingerprint density at radius 1 is 1.19 bits per heavy atom. The van der Waals surface area contributed by atoms with Gasteiger partial charge in [-0.25, -0.2) is 0 Å². The Labute approximate surface area is 158 Å². The van der Waals surface area contributed by atoms with Gasteiger partial charge in [0.05, 0.1) is 31.2 Å². The van der Waals surface area contributed by atoms with Gasteiger partial charge >= 0.3 is 0 Å². The lowest BCUT2D eigenvalue weighted by Gasteiger charge is -2.32. The molecule has 0 atom stereocenters. The van der Waals surface area contributed by atoms with Crippen LogP contribution in [0.15, 0.2) is 36.4 Å². The number of carbonyl (C=O) groups is 1. The Hall–Kier alpha value is -2.24. The summed E-state index contributed by atoms with van der Waals surface area (Å²) < 4.78 is 10.7. The second kappa shape index (κ2) is 7.17. The van der Waals surface area contributed by atoms with E-state index in [1.54, 1.807) is 12.1 Å². The van der Waals surface area contributed by atoms with Crippen LogP contribution in [-0.4, -0.2) is 43.8 Å². The molecule has 4 rings (SSSR count). The number of hydrogen-bond donors (Lipinski definition) is 1. The third-order valence-corrected chi connectivity index (χ3v) is 5.41. The number of fused-ring (bicyclic) bond motifs is 1. The van der Waals surface area contributed by atoms with E-state index in [1.165, 1.54) is 16.0 Å². The summed E-state index contributed by atoms with van der Waals surface area (Å²) in [6.45, 7) is 6.67. The first-order valence-electron chi connectivity index (χ1n) is 8.88. The zero-order valence-electron chi connectivity index (χ0n) is 14.8. The second-order valence-electron chi connectivity index (χ2n) is 6.84. The highest BCUT2D eigenvalue weighted by Crippen LogP contribution is 2.40. The smallest absolute Gasteiger partial charge is 0.254 e. The fraction of sp³-hybridized carbons (Fsp3) is 0.350. The van der Waals surface area contributed by atoms with Gasteiger partial charge in [0.1, 0.15) is 6.54 Å². The highest BCUT2D eigenvalue weighted by Gasteiger charge is 2.27. The Balaban J connectivity index is 1.40. The summed E-state index contributed by atoms with van der Waals surface area (Å²) in [5, 5.41) is 0.423. The van der Waals surface area contributed by atoms with Gasteiger partial charge in [-0.15, -0.1) is 0 Å². The minimum atomic E-state index is 0.000131. The van der Waals surface area contributed by atoms with Crippen molar-refractivity contribution in [2.45, 2.75) is 13.5 Å². The molecule has 1 amide bonds. The zero-order valence-corrected chi connectivity index (χ0v) is 15.5. The summed E-state index contributed by atoms with van der Waals surface area (Å²) in [7, 11) is 0. The summed E-state index contributed by atoms with van der Waals surface area (Å²) in [4.78, 5) is 16.2. The second-order valence-corrected chi connectivity index (χ2v) is 7.24. The lowest BCUT2D eigenvalue weighted by atomic mass is 10.1. The molecule has 6 heteroatoms. The molecule has 0 radical (unpaired) electrons. The number of amides is 1. The number of halogens is 1. The van der Waals surface area contributed by atoms with E-state index in [0.29, 0.717) is 22.1 Å². The predicted octanol–water partition coefficient (Wildman–Crippen LogP) is 1.92. The van der Waals surface area contributed by atoms with Crippen LogP contribution in [0, 0.1) is 6.92 Å². The van der Waals surface area contributed by atoms with Gasteiger partial charge in [-0.2, -0.15) is 0 Å². The quantitative estimate of drug-likeness (QED) is 0.894. The maximum absolute atomic E-state index is 12.8. The zero-order chi connectivity index (χ0) is 18.1. The summed E-state index contributed by atoms with van der Waals surface area (Å²) >= 11 is 6.21. The molecule has 0 bridgehead atoms. The van der Waals surface area contributed by atoms with Crippen molar-refractivity contribution in [1.82, 2.24) is 4.90 Å². The number of nitrogens with one attached hydrogen (secondary N) is 1. The number of carbonyl (C=O) groups excluding carboxylic acids is 1. The molecule has 0 aliphatic carbocycles. The van der Waals surface area contributed by atoms with Crippen molar-refractivity contribution in [3.63, 3.8) is 0 Å². The Bertz CT molecular complexity index is 832. The summed E-state index contributed by atoms with van der Waals surface area (Å²) in [6.07, 6.45) is 0. The van der Waals surface area contributed by atoms with Gasteiger partial charge in [-0.3, -0.25) is 4.79 Å². The van der Waals surface area contributed by atoms with Crippen molar-refractivity contribution in [2.24, 2.45) is 0 Å². The largest absolute Gasteiger partial charge is 0.454 e. The molecule has 1 fully saturated rings. The van der Waals surface area contributed by atoms with E-state index in [-0.39, 0.29) is 12.7 Å². The van der Waals surface area contributed by atoms with Gasteiger partial charge < -0.3 is 19.3 Å². The van der Waals surface area contributed by atoms with E-state index >= 15 is 0 Å². The SMILES string of the molecule is Cc1ccccc1C[NH+]1CCN(C(=O)c2cc(Cl)c3c(c2)OCO3)CC1. The fourth-order valence-corrected chi connectivity index (χ4v) is 3.82. The van der Waals surface area contributed by atoms with Gasteiger partial charge in [-0.05, 0) is 24.6 Å². The van der Waals surface area contributed by atoms with Crippen molar-refractivity contribution < 1.29 is 19.2 Å². The molecule has 2 aliphatic rings. The highest BCUT2D eigenvalue weighted by molar-refractivity contribution is 6.32. The molecule has 5 nitrogen and oxygen atoms in total. The third kappa shape index (κ3) is 3.37. The van der Waals surface area contributed by atoms with Crippen LogP contribution in [0.4, 0.5) is 0 Å². The van der Waals surface area contributed by atoms with Crippen molar-refractivity contribution in [3.8, 4) is 11.5 Å². The van der Waals surface area contributed by atoms with E-state index < -0.39 is 0 Å². The molecule has 26 heavy (non-hydrogen) atoms. The number of piperazine rings is 1. The van der Waals surface area contributed by atoms with Gasteiger partial charge in [0.15, 0.2) is 11.5 Å². The first-order valence-corrected chi connectivity index (χ1v) is 9.26. The van der Waals surface area contributed by atoms with E-state index in [1.807, 2.05) is 4.90 Å². The van der Waals surface area contributed by atoms with E-state index in [0.717, 1.165) is 32.7 Å². The first-order chi connectivity index (χ1) is 12.6. The van der Waals surface area contributed by atoms with E-state index in [2.05, 4.69) is 31.2 Å². The minimum absolute atomic E-state index is 0.000131.